The van der Waals surface area contributed by atoms with Gasteiger partial charge in [-0.1, -0.05) is 0 Å². The number of hydrogen-bond donors (Lipinski definition) is 2. The predicted molar refractivity (Wildman–Crippen MR) is 95.9 cm³/mol. The van der Waals surface area contributed by atoms with E-state index in [1.54, 1.807) is 6.20 Å². The number of rotatable bonds is 2. The second kappa shape index (κ2) is 5.01. The van der Waals surface area contributed by atoms with Gasteiger partial charge in [0.1, 0.15) is 11.5 Å². The van der Waals surface area contributed by atoms with Crippen molar-refractivity contribution in [2.45, 2.75) is 6.92 Å². The van der Waals surface area contributed by atoms with Crippen LogP contribution in [0.2, 0.25) is 0 Å². The summed E-state index contributed by atoms with van der Waals surface area (Å²) in [6.45, 7) is 1.98. The summed E-state index contributed by atoms with van der Waals surface area (Å²) < 4.78 is 2.05. The van der Waals surface area contributed by atoms with Crippen LogP contribution in [-0.2, 0) is 7.05 Å². The lowest BCUT2D eigenvalue weighted by atomic mass is 10.1. The molecule has 0 radical (unpaired) electrons. The monoisotopic (exact) mass is 329 g/mol. The average Bonchev–Trinajstić information content (AvgIpc) is 3.31. The number of pyridine rings is 2. The fraction of sp³-hybridized carbons (Fsp3) is 0.111. The van der Waals surface area contributed by atoms with Gasteiger partial charge in [-0.25, -0.2) is 9.97 Å². The van der Waals surface area contributed by atoms with E-state index in [2.05, 4.69) is 46.8 Å². The van der Waals surface area contributed by atoms with E-state index in [-0.39, 0.29) is 0 Å². The Morgan fingerprint density at radius 2 is 2.00 bits per heavy atom. The van der Waals surface area contributed by atoms with Crippen LogP contribution < -0.4 is 0 Å². The third-order valence-corrected chi connectivity index (χ3v) is 4.61. The number of nitrogens with zero attached hydrogens (tertiary/aromatic N) is 5. The Bertz CT molecular complexity index is 1190. The zero-order chi connectivity index (χ0) is 17.0. The van der Waals surface area contributed by atoms with Gasteiger partial charge in [0.25, 0.3) is 0 Å². The Hall–Kier alpha value is -3.48. The molecule has 5 aromatic rings. The van der Waals surface area contributed by atoms with Crippen molar-refractivity contribution in [3.8, 4) is 22.6 Å². The van der Waals surface area contributed by atoms with E-state index >= 15 is 0 Å². The third kappa shape index (κ3) is 2.06. The van der Waals surface area contributed by atoms with Crippen LogP contribution in [0, 0.1) is 6.92 Å². The highest BCUT2D eigenvalue weighted by molar-refractivity contribution is 5.95. The molecule has 0 fully saturated rings. The molecule has 0 aliphatic carbocycles. The Labute approximate surface area is 142 Å². The second-order valence-corrected chi connectivity index (χ2v) is 6.09. The highest BCUT2D eigenvalue weighted by atomic mass is 15.2. The summed E-state index contributed by atoms with van der Waals surface area (Å²) in [6, 6.07) is 6.11. The van der Waals surface area contributed by atoms with E-state index < -0.39 is 0 Å². The molecule has 0 amide bonds. The van der Waals surface area contributed by atoms with Gasteiger partial charge in [-0.3, -0.25) is 10.1 Å². The second-order valence-electron chi connectivity index (χ2n) is 6.09. The minimum atomic E-state index is 0.759. The van der Waals surface area contributed by atoms with E-state index in [0.717, 1.165) is 50.4 Å². The van der Waals surface area contributed by atoms with Gasteiger partial charge in [-0.15, -0.1) is 0 Å². The van der Waals surface area contributed by atoms with Gasteiger partial charge in [-0.05, 0) is 25.1 Å². The predicted octanol–water partition coefficient (Wildman–Crippen LogP) is 3.21. The molecule has 0 saturated heterocycles. The fourth-order valence-electron chi connectivity index (χ4n) is 3.12. The molecule has 0 spiro atoms. The molecule has 0 bridgehead atoms. The van der Waals surface area contributed by atoms with Crippen molar-refractivity contribution in [2.75, 3.05) is 0 Å². The number of aromatic amines is 2. The Balaban J connectivity index is 1.71. The molecule has 0 unspecified atom stereocenters. The summed E-state index contributed by atoms with van der Waals surface area (Å²) in [6.07, 6.45) is 7.32. The summed E-state index contributed by atoms with van der Waals surface area (Å²) in [7, 11) is 2.00. The third-order valence-electron chi connectivity index (χ3n) is 4.61. The highest BCUT2D eigenvalue weighted by Crippen LogP contribution is 2.30. The first-order chi connectivity index (χ1) is 12.2. The molecule has 0 atom stereocenters. The quantitative estimate of drug-likeness (QED) is 0.520. The fourth-order valence-corrected chi connectivity index (χ4v) is 3.12. The van der Waals surface area contributed by atoms with E-state index in [1.165, 1.54) is 0 Å². The van der Waals surface area contributed by atoms with Crippen molar-refractivity contribution in [3.05, 3.63) is 48.8 Å². The number of hydrogen-bond acceptors (Lipinski definition) is 4. The van der Waals surface area contributed by atoms with E-state index in [9.17, 15) is 0 Å². The van der Waals surface area contributed by atoms with Gasteiger partial charge >= 0.3 is 0 Å². The molecule has 5 heterocycles. The first-order valence-corrected chi connectivity index (χ1v) is 7.96. The van der Waals surface area contributed by atoms with Crippen molar-refractivity contribution in [1.29, 1.82) is 0 Å². The van der Waals surface area contributed by atoms with Crippen LogP contribution in [-0.4, -0.2) is 34.7 Å². The minimum Gasteiger partial charge on any atom is -0.353 e. The molecule has 25 heavy (non-hydrogen) atoms. The molecule has 5 rings (SSSR count). The zero-order valence-corrected chi connectivity index (χ0v) is 13.8. The van der Waals surface area contributed by atoms with Gasteiger partial charge in [-0.2, -0.15) is 5.10 Å². The largest absolute Gasteiger partial charge is 0.353 e. The molecule has 0 aromatic carbocycles. The molecule has 0 saturated carbocycles. The number of H-pyrrole nitrogens is 2. The standard InChI is InChI=1S/C18H15N7/c1-10-20-9-16(25(10)2)12-5-13-17(23-24-18(13)21-8-12)15-6-11-7-19-4-3-14(11)22-15/h3-9,22H,1-2H3,(H,21,23,24). The summed E-state index contributed by atoms with van der Waals surface area (Å²) in [5.41, 5.74) is 5.62. The molecule has 7 heteroatoms. The topological polar surface area (TPSA) is 88.1 Å². The molecule has 5 aromatic heterocycles. The lowest BCUT2D eigenvalue weighted by Gasteiger charge is -2.04. The van der Waals surface area contributed by atoms with Crippen molar-refractivity contribution in [2.24, 2.45) is 7.05 Å². The van der Waals surface area contributed by atoms with Crippen LogP contribution in [0.5, 0.6) is 0 Å². The van der Waals surface area contributed by atoms with E-state index in [1.807, 2.05) is 38.6 Å². The van der Waals surface area contributed by atoms with Crippen molar-refractivity contribution in [1.82, 2.24) is 34.7 Å². The van der Waals surface area contributed by atoms with Crippen LogP contribution >= 0.6 is 0 Å². The van der Waals surface area contributed by atoms with Gasteiger partial charge in [0, 0.05) is 47.5 Å². The minimum absolute atomic E-state index is 0.759. The molecular formula is C18H15N7. The van der Waals surface area contributed by atoms with Gasteiger partial charge in [0.15, 0.2) is 5.65 Å². The lowest BCUT2D eigenvalue weighted by molar-refractivity contribution is 0.865. The maximum atomic E-state index is 4.52. The number of fused-ring (bicyclic) bond motifs is 2. The Kier molecular flexibility index (Phi) is 2.79. The normalized spacial score (nSPS) is 11.6. The van der Waals surface area contributed by atoms with Crippen LogP contribution in [0.3, 0.4) is 0 Å². The highest BCUT2D eigenvalue weighted by Gasteiger charge is 2.14. The summed E-state index contributed by atoms with van der Waals surface area (Å²) in [5.74, 6) is 0.964. The molecule has 0 aliphatic heterocycles. The van der Waals surface area contributed by atoms with Gasteiger partial charge in [0.05, 0.1) is 17.6 Å². The van der Waals surface area contributed by atoms with Crippen LogP contribution in [0.1, 0.15) is 5.82 Å². The number of imidazole rings is 1. The number of aromatic nitrogens is 7. The Morgan fingerprint density at radius 1 is 1.08 bits per heavy atom. The maximum absolute atomic E-state index is 4.52. The van der Waals surface area contributed by atoms with E-state index in [4.69, 9.17) is 0 Å². The first-order valence-electron chi connectivity index (χ1n) is 7.96. The van der Waals surface area contributed by atoms with Crippen LogP contribution in [0.25, 0.3) is 44.6 Å². The molecule has 7 nitrogen and oxygen atoms in total. The smallest absolute Gasteiger partial charge is 0.155 e. The average molecular weight is 329 g/mol. The Morgan fingerprint density at radius 3 is 2.80 bits per heavy atom. The maximum Gasteiger partial charge on any atom is 0.155 e. The number of nitrogens with one attached hydrogen (secondary N) is 2. The summed E-state index contributed by atoms with van der Waals surface area (Å²) in [5, 5.41) is 9.50. The molecule has 122 valence electrons. The molecule has 0 aliphatic rings. The SMILES string of the molecule is Cc1ncc(-c2cnc3[nH]nc(-c4cc5cnccc5[nH]4)c3c2)n1C. The van der Waals surface area contributed by atoms with Crippen molar-refractivity contribution < 1.29 is 0 Å². The zero-order valence-electron chi connectivity index (χ0n) is 13.8. The van der Waals surface area contributed by atoms with Crippen LogP contribution in [0.4, 0.5) is 0 Å². The molecular weight excluding hydrogens is 314 g/mol. The van der Waals surface area contributed by atoms with Crippen LogP contribution in [0.15, 0.2) is 43.0 Å². The summed E-state index contributed by atoms with van der Waals surface area (Å²) in [4.78, 5) is 16.5. The van der Waals surface area contributed by atoms with Crippen molar-refractivity contribution in [3.63, 3.8) is 0 Å². The van der Waals surface area contributed by atoms with Gasteiger partial charge in [0.2, 0.25) is 0 Å². The van der Waals surface area contributed by atoms with Gasteiger partial charge < -0.3 is 9.55 Å². The number of aryl methyl sites for hydroxylation is 1. The van der Waals surface area contributed by atoms with E-state index in [0.29, 0.717) is 0 Å². The molecule has 2 N–H and O–H groups in total. The lowest BCUT2D eigenvalue weighted by Crippen LogP contribution is -1.94. The van der Waals surface area contributed by atoms with Crippen molar-refractivity contribution >= 4 is 21.9 Å². The summed E-state index contributed by atoms with van der Waals surface area (Å²) >= 11 is 0. The first kappa shape index (κ1) is 13.9.